The van der Waals surface area contributed by atoms with Crippen molar-refractivity contribution in [2.24, 2.45) is 0 Å². The first kappa shape index (κ1) is 16.3. The van der Waals surface area contributed by atoms with Crippen molar-refractivity contribution in [1.29, 1.82) is 0 Å². The number of rotatable bonds is 7. The number of unbranched alkanes of at least 4 members (excludes halogenated alkanes) is 1. The Morgan fingerprint density at radius 1 is 1.36 bits per heavy atom. The van der Waals surface area contributed by atoms with E-state index in [2.05, 4.69) is 11.9 Å². The molecule has 0 saturated heterocycles. The number of hydrogen-bond donors (Lipinski definition) is 0. The minimum absolute atomic E-state index is 0.0496. The van der Waals surface area contributed by atoms with Gasteiger partial charge in [0, 0.05) is 19.3 Å². The lowest BCUT2D eigenvalue weighted by Crippen LogP contribution is -2.33. The van der Waals surface area contributed by atoms with Gasteiger partial charge in [-0.25, -0.2) is 4.98 Å². The summed E-state index contributed by atoms with van der Waals surface area (Å²) in [4.78, 5) is 19.5. The highest BCUT2D eigenvalue weighted by Crippen LogP contribution is 2.23. The third-order valence-electron chi connectivity index (χ3n) is 3.89. The second-order valence-corrected chi connectivity index (χ2v) is 5.27. The molecule has 0 bridgehead atoms. The van der Waals surface area contributed by atoms with Crippen LogP contribution in [0.5, 0.6) is 5.75 Å². The quantitative estimate of drug-likeness (QED) is 0.789. The van der Waals surface area contributed by atoms with Gasteiger partial charge in [-0.05, 0) is 31.9 Å². The Bertz CT molecular complexity index is 649. The molecule has 0 atom stereocenters. The van der Waals surface area contributed by atoms with Crippen LogP contribution in [0, 0.1) is 0 Å². The Labute approximate surface area is 131 Å². The van der Waals surface area contributed by atoms with Crippen molar-refractivity contribution >= 4 is 11.6 Å². The van der Waals surface area contributed by atoms with Crippen molar-refractivity contribution < 1.29 is 9.53 Å². The summed E-state index contributed by atoms with van der Waals surface area (Å²) in [5, 5.41) is 0. The minimum Gasteiger partial charge on any atom is -0.493 e. The van der Waals surface area contributed by atoms with Crippen molar-refractivity contribution in [2.75, 3.05) is 20.2 Å². The van der Waals surface area contributed by atoms with E-state index in [1.165, 1.54) is 0 Å². The van der Waals surface area contributed by atoms with Gasteiger partial charge < -0.3 is 9.64 Å². The molecule has 22 heavy (non-hydrogen) atoms. The van der Waals surface area contributed by atoms with Gasteiger partial charge in [0.15, 0.2) is 11.4 Å². The van der Waals surface area contributed by atoms with Gasteiger partial charge in [-0.2, -0.15) is 0 Å². The van der Waals surface area contributed by atoms with Gasteiger partial charge in [0.05, 0.1) is 12.8 Å². The fraction of sp³-hybridized carbons (Fsp3) is 0.529. The van der Waals surface area contributed by atoms with Crippen LogP contribution in [0.1, 0.15) is 49.8 Å². The highest BCUT2D eigenvalue weighted by Gasteiger charge is 2.23. The van der Waals surface area contributed by atoms with E-state index in [-0.39, 0.29) is 5.91 Å². The zero-order valence-electron chi connectivity index (χ0n) is 13.9. The van der Waals surface area contributed by atoms with E-state index in [1.54, 1.807) is 7.11 Å². The van der Waals surface area contributed by atoms with E-state index >= 15 is 0 Å². The molecule has 0 aliphatic rings. The smallest absolute Gasteiger partial charge is 0.272 e. The van der Waals surface area contributed by atoms with Crippen LogP contribution in [0.25, 0.3) is 5.65 Å². The summed E-state index contributed by atoms with van der Waals surface area (Å²) < 4.78 is 7.22. The molecule has 0 fully saturated rings. The average Bonchev–Trinajstić information content (AvgIpc) is 2.93. The highest BCUT2D eigenvalue weighted by atomic mass is 16.5. The summed E-state index contributed by atoms with van der Waals surface area (Å²) in [6, 6.07) is 3.75. The van der Waals surface area contributed by atoms with Crippen LogP contribution in [0.3, 0.4) is 0 Å². The maximum atomic E-state index is 13.0. The number of carbonyl (C=O) groups is 1. The number of amides is 1. The van der Waals surface area contributed by atoms with E-state index in [0.717, 1.165) is 31.5 Å². The molecule has 5 nitrogen and oxygen atoms in total. The van der Waals surface area contributed by atoms with Crippen LogP contribution in [0.4, 0.5) is 0 Å². The summed E-state index contributed by atoms with van der Waals surface area (Å²) in [6.45, 7) is 7.66. The second kappa shape index (κ2) is 7.29. The van der Waals surface area contributed by atoms with Crippen LogP contribution >= 0.6 is 0 Å². The molecule has 0 aliphatic heterocycles. The number of aromatic nitrogens is 2. The highest BCUT2D eigenvalue weighted by molar-refractivity contribution is 5.95. The van der Waals surface area contributed by atoms with Crippen molar-refractivity contribution in [3.8, 4) is 5.75 Å². The molecule has 1 amide bonds. The third kappa shape index (κ3) is 2.93. The molecule has 0 aromatic carbocycles. The predicted octanol–water partition coefficient (Wildman–Crippen LogP) is 3.17. The Morgan fingerprint density at radius 2 is 2.14 bits per heavy atom. The Balaban J connectivity index is 2.51. The maximum absolute atomic E-state index is 13.0. The Kier molecular flexibility index (Phi) is 5.41. The van der Waals surface area contributed by atoms with Gasteiger partial charge in [-0.15, -0.1) is 0 Å². The van der Waals surface area contributed by atoms with Crippen molar-refractivity contribution in [3.63, 3.8) is 0 Å². The monoisotopic (exact) mass is 303 g/mol. The number of nitrogens with zero attached hydrogens (tertiary/aromatic N) is 3. The molecule has 0 unspecified atom stereocenters. The normalized spacial score (nSPS) is 10.9. The first-order chi connectivity index (χ1) is 10.7. The Hall–Kier alpha value is -2.04. The van der Waals surface area contributed by atoms with Crippen LogP contribution < -0.4 is 4.74 Å². The van der Waals surface area contributed by atoms with Gasteiger partial charge in [-0.3, -0.25) is 9.20 Å². The van der Waals surface area contributed by atoms with Gasteiger partial charge in [0.2, 0.25) is 0 Å². The van der Waals surface area contributed by atoms with E-state index in [0.29, 0.717) is 23.6 Å². The standard InChI is InChI=1S/C17H25N3O2/c1-5-8-11-19(7-3)17(21)15-13(6-2)18-16-14(22-4)10-9-12-20(15)16/h9-10,12H,5-8,11H2,1-4H3. The first-order valence-electron chi connectivity index (χ1n) is 8.01. The Morgan fingerprint density at radius 3 is 2.73 bits per heavy atom. The molecule has 120 valence electrons. The number of pyridine rings is 1. The van der Waals surface area contributed by atoms with Gasteiger partial charge >= 0.3 is 0 Å². The lowest BCUT2D eigenvalue weighted by molar-refractivity contribution is 0.0754. The molecule has 0 aliphatic carbocycles. The number of imidazole rings is 1. The van der Waals surface area contributed by atoms with E-state index in [9.17, 15) is 4.79 Å². The lowest BCUT2D eigenvalue weighted by atomic mass is 10.2. The fourth-order valence-corrected chi connectivity index (χ4v) is 2.62. The second-order valence-electron chi connectivity index (χ2n) is 5.27. The van der Waals surface area contributed by atoms with Crippen molar-refractivity contribution in [1.82, 2.24) is 14.3 Å². The van der Waals surface area contributed by atoms with Gasteiger partial charge in [0.1, 0.15) is 5.69 Å². The van der Waals surface area contributed by atoms with E-state index in [4.69, 9.17) is 4.74 Å². The molecule has 2 aromatic heterocycles. The molecular formula is C17H25N3O2. The molecule has 2 heterocycles. The molecule has 0 radical (unpaired) electrons. The third-order valence-corrected chi connectivity index (χ3v) is 3.89. The van der Waals surface area contributed by atoms with Gasteiger partial charge in [-0.1, -0.05) is 20.3 Å². The summed E-state index contributed by atoms with van der Waals surface area (Å²) >= 11 is 0. The summed E-state index contributed by atoms with van der Waals surface area (Å²) in [5.41, 5.74) is 2.19. The van der Waals surface area contributed by atoms with Crippen LogP contribution in [-0.2, 0) is 6.42 Å². The predicted molar refractivity (Wildman–Crippen MR) is 87.6 cm³/mol. The summed E-state index contributed by atoms with van der Waals surface area (Å²) in [5.74, 6) is 0.737. The zero-order chi connectivity index (χ0) is 16.1. The summed E-state index contributed by atoms with van der Waals surface area (Å²) in [6.07, 6.45) is 4.69. The number of hydrogen-bond acceptors (Lipinski definition) is 3. The van der Waals surface area contributed by atoms with Crippen LogP contribution in [0.15, 0.2) is 18.3 Å². The molecular weight excluding hydrogens is 278 g/mol. The molecule has 2 aromatic rings. The van der Waals surface area contributed by atoms with Gasteiger partial charge in [0.25, 0.3) is 5.91 Å². The number of fused-ring (bicyclic) bond motifs is 1. The van der Waals surface area contributed by atoms with Crippen LogP contribution in [-0.4, -0.2) is 40.4 Å². The fourth-order valence-electron chi connectivity index (χ4n) is 2.62. The number of methoxy groups -OCH3 is 1. The molecule has 0 spiro atoms. The summed E-state index contributed by atoms with van der Waals surface area (Å²) in [7, 11) is 1.62. The lowest BCUT2D eigenvalue weighted by Gasteiger charge is -2.21. The first-order valence-corrected chi connectivity index (χ1v) is 8.01. The topological polar surface area (TPSA) is 46.8 Å². The number of aryl methyl sites for hydroxylation is 1. The minimum atomic E-state index is 0.0496. The number of ether oxygens (including phenoxy) is 1. The van der Waals surface area contributed by atoms with E-state index < -0.39 is 0 Å². The van der Waals surface area contributed by atoms with Crippen LogP contribution in [0.2, 0.25) is 0 Å². The van der Waals surface area contributed by atoms with Crippen molar-refractivity contribution in [2.45, 2.75) is 40.0 Å². The van der Waals surface area contributed by atoms with Crippen molar-refractivity contribution in [3.05, 3.63) is 29.7 Å². The number of carbonyl (C=O) groups excluding carboxylic acids is 1. The molecule has 2 rings (SSSR count). The zero-order valence-corrected chi connectivity index (χ0v) is 13.9. The maximum Gasteiger partial charge on any atom is 0.272 e. The largest absolute Gasteiger partial charge is 0.493 e. The molecule has 0 saturated carbocycles. The average molecular weight is 303 g/mol. The SMILES string of the molecule is CCCCN(CC)C(=O)c1c(CC)nc2c(OC)cccn12. The van der Waals surface area contributed by atoms with E-state index in [1.807, 2.05) is 41.5 Å². The molecule has 0 N–H and O–H groups in total. The molecule has 5 heteroatoms.